The molecule has 26 heavy (non-hydrogen) atoms. The van der Waals surface area contributed by atoms with Crippen LogP contribution in [0.4, 0.5) is 0 Å². The summed E-state index contributed by atoms with van der Waals surface area (Å²) in [4.78, 5) is 16.8. The Morgan fingerprint density at radius 2 is 2.08 bits per heavy atom. The molecule has 5 heteroatoms. The maximum atomic E-state index is 12.8. The number of likely N-dealkylation sites (tertiary alicyclic amines) is 1. The van der Waals surface area contributed by atoms with Crippen LogP contribution in [0.25, 0.3) is 0 Å². The first-order valence-electron chi connectivity index (χ1n) is 8.94. The fourth-order valence-electron chi connectivity index (χ4n) is 3.58. The molecule has 0 saturated carbocycles. The highest BCUT2D eigenvalue weighted by atomic mass is 35.5. The first-order chi connectivity index (χ1) is 12.6. The lowest BCUT2D eigenvalue weighted by atomic mass is 10.0. The maximum Gasteiger partial charge on any atom is 0.236 e. The monoisotopic (exact) mass is 372 g/mol. The molecule has 138 valence electrons. The summed E-state index contributed by atoms with van der Waals surface area (Å²) >= 11 is 6.14. The molecule has 0 bridgehead atoms. The van der Waals surface area contributed by atoms with E-state index in [-0.39, 0.29) is 11.9 Å². The molecule has 1 saturated heterocycles. The molecule has 2 aromatic rings. The SMILES string of the molecule is COc1ccccc1CN(C)C(=O)CN1CCCC1c1cccc(Cl)c1. The van der Waals surface area contributed by atoms with Gasteiger partial charge in [0.25, 0.3) is 0 Å². The standard InChI is InChI=1S/C21H25ClN2O2/c1-23(14-17-7-3-4-11-20(17)26-2)21(25)15-24-12-6-10-19(24)16-8-5-9-18(22)13-16/h3-5,7-9,11,13,19H,6,10,12,14-15H2,1-2H3. The van der Waals surface area contributed by atoms with Crippen LogP contribution in [0.1, 0.15) is 30.0 Å². The number of amides is 1. The van der Waals surface area contributed by atoms with E-state index in [9.17, 15) is 4.79 Å². The van der Waals surface area contributed by atoms with Crippen molar-refractivity contribution in [1.82, 2.24) is 9.80 Å². The maximum absolute atomic E-state index is 12.8. The van der Waals surface area contributed by atoms with Crippen molar-refractivity contribution in [3.8, 4) is 5.75 Å². The van der Waals surface area contributed by atoms with Crippen molar-refractivity contribution in [2.75, 3.05) is 27.2 Å². The van der Waals surface area contributed by atoms with Gasteiger partial charge in [-0.1, -0.05) is 41.9 Å². The molecule has 0 aliphatic carbocycles. The highest BCUT2D eigenvalue weighted by Crippen LogP contribution is 2.32. The predicted octanol–water partition coefficient (Wildman–Crippen LogP) is 4.14. The molecular weight excluding hydrogens is 348 g/mol. The van der Waals surface area contributed by atoms with Crippen LogP contribution >= 0.6 is 11.6 Å². The Kier molecular flexibility index (Phi) is 6.17. The topological polar surface area (TPSA) is 32.8 Å². The molecule has 1 atom stereocenters. The number of para-hydroxylation sites is 1. The Hall–Kier alpha value is -2.04. The van der Waals surface area contributed by atoms with Gasteiger partial charge in [-0.15, -0.1) is 0 Å². The average Bonchev–Trinajstić information content (AvgIpc) is 3.10. The van der Waals surface area contributed by atoms with Crippen LogP contribution in [-0.4, -0.2) is 43.0 Å². The second kappa shape index (κ2) is 8.56. The van der Waals surface area contributed by atoms with Crippen LogP contribution < -0.4 is 4.74 Å². The van der Waals surface area contributed by atoms with Gasteiger partial charge in [0.2, 0.25) is 5.91 Å². The zero-order valence-electron chi connectivity index (χ0n) is 15.3. The van der Waals surface area contributed by atoms with Crippen LogP contribution in [0.3, 0.4) is 0 Å². The van der Waals surface area contributed by atoms with Crippen LogP contribution in [-0.2, 0) is 11.3 Å². The van der Waals surface area contributed by atoms with Gasteiger partial charge < -0.3 is 9.64 Å². The molecule has 2 aromatic carbocycles. The smallest absolute Gasteiger partial charge is 0.236 e. The number of nitrogens with zero attached hydrogens (tertiary/aromatic N) is 2. The lowest BCUT2D eigenvalue weighted by molar-refractivity contribution is -0.131. The van der Waals surface area contributed by atoms with Crippen molar-refractivity contribution in [3.05, 3.63) is 64.7 Å². The fraction of sp³-hybridized carbons (Fsp3) is 0.381. The van der Waals surface area contributed by atoms with Crippen molar-refractivity contribution in [1.29, 1.82) is 0 Å². The summed E-state index contributed by atoms with van der Waals surface area (Å²) in [5.74, 6) is 0.926. The molecule has 1 aliphatic rings. The third-order valence-electron chi connectivity index (χ3n) is 4.96. The minimum absolute atomic E-state index is 0.116. The van der Waals surface area contributed by atoms with Gasteiger partial charge in [0.15, 0.2) is 0 Å². The number of likely N-dealkylation sites (N-methyl/N-ethyl adjacent to an activating group) is 1. The molecule has 0 spiro atoms. The van der Waals surface area contributed by atoms with Gasteiger partial charge in [-0.05, 0) is 43.1 Å². The summed E-state index contributed by atoms with van der Waals surface area (Å²) in [5.41, 5.74) is 2.20. The van der Waals surface area contributed by atoms with Gasteiger partial charge in [0.1, 0.15) is 5.75 Å². The van der Waals surface area contributed by atoms with Crippen LogP contribution in [0, 0.1) is 0 Å². The molecule has 1 aliphatic heterocycles. The van der Waals surface area contributed by atoms with E-state index in [1.165, 1.54) is 5.56 Å². The number of hydrogen-bond donors (Lipinski definition) is 0. The minimum atomic E-state index is 0.116. The van der Waals surface area contributed by atoms with E-state index in [2.05, 4.69) is 11.0 Å². The van der Waals surface area contributed by atoms with Crippen molar-refractivity contribution in [2.45, 2.75) is 25.4 Å². The molecular formula is C21H25ClN2O2. The molecule has 1 fully saturated rings. The zero-order valence-corrected chi connectivity index (χ0v) is 16.1. The minimum Gasteiger partial charge on any atom is -0.496 e. The normalized spacial score (nSPS) is 17.3. The second-order valence-corrected chi connectivity index (χ2v) is 7.18. The predicted molar refractivity (Wildman–Crippen MR) is 104 cm³/mol. The average molecular weight is 373 g/mol. The Labute approximate surface area is 160 Å². The molecule has 0 N–H and O–H groups in total. The zero-order chi connectivity index (χ0) is 18.5. The summed E-state index contributed by atoms with van der Waals surface area (Å²) in [7, 11) is 3.50. The summed E-state index contributed by atoms with van der Waals surface area (Å²) in [6.45, 7) is 1.90. The second-order valence-electron chi connectivity index (χ2n) is 6.75. The first kappa shape index (κ1) is 18.7. The number of carbonyl (C=O) groups excluding carboxylic acids is 1. The van der Waals surface area contributed by atoms with E-state index < -0.39 is 0 Å². The lowest BCUT2D eigenvalue weighted by Crippen LogP contribution is -2.37. The Morgan fingerprint density at radius 3 is 2.85 bits per heavy atom. The van der Waals surface area contributed by atoms with Gasteiger partial charge in [0, 0.05) is 30.2 Å². The Balaban J connectivity index is 1.64. The van der Waals surface area contributed by atoms with E-state index in [0.29, 0.717) is 13.1 Å². The van der Waals surface area contributed by atoms with Crippen molar-refractivity contribution >= 4 is 17.5 Å². The third kappa shape index (κ3) is 4.37. The number of methoxy groups -OCH3 is 1. The van der Waals surface area contributed by atoms with Crippen LogP contribution in [0.15, 0.2) is 48.5 Å². The fourth-order valence-corrected chi connectivity index (χ4v) is 3.78. The largest absolute Gasteiger partial charge is 0.496 e. The highest BCUT2D eigenvalue weighted by molar-refractivity contribution is 6.30. The van der Waals surface area contributed by atoms with E-state index in [1.807, 2.05) is 49.5 Å². The quantitative estimate of drug-likeness (QED) is 0.763. The van der Waals surface area contributed by atoms with E-state index in [4.69, 9.17) is 16.3 Å². The van der Waals surface area contributed by atoms with Gasteiger partial charge in [-0.2, -0.15) is 0 Å². The Morgan fingerprint density at radius 1 is 1.27 bits per heavy atom. The number of carbonyl (C=O) groups is 1. The summed E-state index contributed by atoms with van der Waals surface area (Å²) in [6, 6.07) is 16.0. The van der Waals surface area contributed by atoms with Crippen LogP contribution in [0.5, 0.6) is 5.75 Å². The summed E-state index contributed by atoms with van der Waals surface area (Å²) in [6.07, 6.45) is 2.16. The molecule has 4 nitrogen and oxygen atoms in total. The van der Waals surface area contributed by atoms with Gasteiger partial charge >= 0.3 is 0 Å². The molecule has 1 amide bonds. The Bertz CT molecular complexity index is 765. The number of ether oxygens (including phenoxy) is 1. The number of rotatable bonds is 6. The molecule has 1 unspecified atom stereocenters. The first-order valence-corrected chi connectivity index (χ1v) is 9.31. The number of benzene rings is 2. The van der Waals surface area contributed by atoms with E-state index >= 15 is 0 Å². The van der Waals surface area contributed by atoms with Crippen molar-refractivity contribution in [3.63, 3.8) is 0 Å². The van der Waals surface area contributed by atoms with Gasteiger partial charge in [-0.25, -0.2) is 0 Å². The van der Waals surface area contributed by atoms with Gasteiger partial charge in [-0.3, -0.25) is 9.69 Å². The lowest BCUT2D eigenvalue weighted by Gasteiger charge is -2.27. The summed E-state index contributed by atoms with van der Waals surface area (Å²) in [5, 5.41) is 0.744. The number of halogens is 1. The molecule has 3 rings (SSSR count). The third-order valence-corrected chi connectivity index (χ3v) is 5.20. The summed E-state index contributed by atoms with van der Waals surface area (Å²) < 4.78 is 5.38. The number of hydrogen-bond acceptors (Lipinski definition) is 3. The van der Waals surface area contributed by atoms with Crippen molar-refractivity contribution in [2.24, 2.45) is 0 Å². The highest BCUT2D eigenvalue weighted by Gasteiger charge is 2.28. The molecule has 0 aromatic heterocycles. The molecule has 1 heterocycles. The van der Waals surface area contributed by atoms with Gasteiger partial charge in [0.05, 0.1) is 13.7 Å². The molecule has 0 radical (unpaired) electrons. The van der Waals surface area contributed by atoms with Crippen molar-refractivity contribution < 1.29 is 9.53 Å². The van der Waals surface area contributed by atoms with Crippen LogP contribution in [0.2, 0.25) is 5.02 Å². The van der Waals surface area contributed by atoms with E-state index in [0.717, 1.165) is 35.7 Å². The van der Waals surface area contributed by atoms with E-state index in [1.54, 1.807) is 12.0 Å².